The topological polar surface area (TPSA) is 3.24 Å². The molecule has 3 atom stereocenters. The van der Waals surface area contributed by atoms with E-state index in [9.17, 15) is 0 Å². The maximum atomic E-state index is 2.71. The Kier molecular flexibility index (Phi) is 2.51. The van der Waals surface area contributed by atoms with Crippen molar-refractivity contribution in [3.8, 4) is 0 Å². The molecule has 1 nitrogen and oxygen atoms in total. The maximum Gasteiger partial charge on any atom is 0.0170 e. The van der Waals surface area contributed by atoms with E-state index in [4.69, 9.17) is 0 Å². The van der Waals surface area contributed by atoms with E-state index < -0.39 is 0 Å². The molecule has 1 aromatic carbocycles. The van der Waals surface area contributed by atoms with Gasteiger partial charge in [-0.1, -0.05) is 30.3 Å². The molecule has 1 saturated carbocycles. The highest BCUT2D eigenvalue weighted by molar-refractivity contribution is 5.24. The first-order valence-electron chi connectivity index (χ1n) is 6.56. The van der Waals surface area contributed by atoms with Crippen molar-refractivity contribution in [2.45, 2.75) is 44.7 Å². The second kappa shape index (κ2) is 3.89. The van der Waals surface area contributed by atoms with Gasteiger partial charge >= 0.3 is 0 Å². The average Bonchev–Trinajstić information content (AvgIpc) is 2.89. The highest BCUT2D eigenvalue weighted by atomic mass is 15.2. The van der Waals surface area contributed by atoms with Crippen molar-refractivity contribution in [2.75, 3.05) is 6.54 Å². The Labute approximate surface area is 98.5 Å². The molecule has 2 fully saturated rings. The minimum Gasteiger partial charge on any atom is -0.297 e. The Morgan fingerprint density at radius 3 is 2.50 bits per heavy atom. The number of hydrogen-bond acceptors (Lipinski definition) is 1. The van der Waals surface area contributed by atoms with Crippen molar-refractivity contribution in [2.24, 2.45) is 5.92 Å². The predicted octanol–water partition coefficient (Wildman–Crippen LogP) is 3.27. The molecule has 3 rings (SSSR count). The highest BCUT2D eigenvalue weighted by Crippen LogP contribution is 2.47. The van der Waals surface area contributed by atoms with Crippen LogP contribution in [0.1, 0.15) is 38.2 Å². The van der Waals surface area contributed by atoms with Gasteiger partial charge in [-0.25, -0.2) is 0 Å². The Hall–Kier alpha value is -0.820. The third kappa shape index (κ3) is 1.58. The molecular formula is C15H21N. The van der Waals surface area contributed by atoms with Crippen LogP contribution in [0.25, 0.3) is 0 Å². The summed E-state index contributed by atoms with van der Waals surface area (Å²) in [6, 6.07) is 12.6. The standard InChI is InChI=1S/C15H21N/c1-11(2)16-10-12-8-14(15(16)9-12)13-6-4-3-5-7-13/h3-7,11-12,14-15H,8-10H2,1-2H3/t12-,14+,15-/m1/s1. The van der Waals surface area contributed by atoms with E-state index in [2.05, 4.69) is 49.1 Å². The summed E-state index contributed by atoms with van der Waals surface area (Å²) in [5.41, 5.74) is 1.56. The Morgan fingerprint density at radius 2 is 1.88 bits per heavy atom. The molecule has 1 aromatic rings. The third-order valence-corrected chi connectivity index (χ3v) is 4.41. The van der Waals surface area contributed by atoms with E-state index in [1.54, 1.807) is 5.56 Å². The van der Waals surface area contributed by atoms with Gasteiger partial charge in [-0.2, -0.15) is 0 Å². The molecule has 16 heavy (non-hydrogen) atoms. The number of likely N-dealkylation sites (tertiary alicyclic amines) is 1. The van der Waals surface area contributed by atoms with Crippen LogP contribution < -0.4 is 0 Å². The Balaban J connectivity index is 1.84. The number of fused-ring (bicyclic) bond motifs is 2. The minimum atomic E-state index is 0.710. The van der Waals surface area contributed by atoms with Crippen LogP contribution in [-0.4, -0.2) is 23.5 Å². The summed E-state index contributed by atoms with van der Waals surface area (Å²) in [5, 5.41) is 0. The predicted molar refractivity (Wildman–Crippen MR) is 67.5 cm³/mol. The fraction of sp³-hybridized carbons (Fsp3) is 0.600. The van der Waals surface area contributed by atoms with Crippen molar-refractivity contribution in [1.29, 1.82) is 0 Å². The number of hydrogen-bond donors (Lipinski definition) is 0. The molecule has 0 N–H and O–H groups in total. The minimum absolute atomic E-state index is 0.710. The molecule has 0 unspecified atom stereocenters. The van der Waals surface area contributed by atoms with Crippen LogP contribution >= 0.6 is 0 Å². The zero-order valence-electron chi connectivity index (χ0n) is 10.3. The van der Waals surface area contributed by atoms with Crippen LogP contribution in [0, 0.1) is 5.92 Å². The zero-order chi connectivity index (χ0) is 11.1. The highest BCUT2D eigenvalue weighted by Gasteiger charge is 2.45. The van der Waals surface area contributed by atoms with E-state index in [1.807, 2.05) is 0 Å². The van der Waals surface area contributed by atoms with Gasteiger partial charge in [0.15, 0.2) is 0 Å². The summed E-state index contributed by atoms with van der Waals surface area (Å²) in [6.45, 7) is 6.01. The molecule has 2 aliphatic rings. The second-order valence-electron chi connectivity index (χ2n) is 5.71. The van der Waals surface area contributed by atoms with E-state index in [1.165, 1.54) is 19.4 Å². The van der Waals surface area contributed by atoms with Gasteiger partial charge in [0.05, 0.1) is 0 Å². The first-order chi connectivity index (χ1) is 7.75. The van der Waals surface area contributed by atoms with E-state index in [0.29, 0.717) is 6.04 Å². The molecule has 1 saturated heterocycles. The second-order valence-corrected chi connectivity index (χ2v) is 5.71. The fourth-order valence-electron chi connectivity index (χ4n) is 3.72. The normalized spacial score (nSPS) is 33.8. The van der Waals surface area contributed by atoms with Crippen molar-refractivity contribution < 1.29 is 0 Å². The monoisotopic (exact) mass is 215 g/mol. The molecule has 1 heterocycles. The first kappa shape index (κ1) is 10.3. The molecule has 0 aromatic heterocycles. The number of benzene rings is 1. The lowest BCUT2D eigenvalue weighted by molar-refractivity contribution is 0.152. The largest absolute Gasteiger partial charge is 0.297 e. The molecule has 1 aliphatic heterocycles. The Morgan fingerprint density at radius 1 is 1.12 bits per heavy atom. The summed E-state index contributed by atoms with van der Waals surface area (Å²) >= 11 is 0. The number of rotatable bonds is 2. The van der Waals surface area contributed by atoms with Crippen LogP contribution in [0.5, 0.6) is 0 Å². The van der Waals surface area contributed by atoms with Crippen LogP contribution in [0.3, 0.4) is 0 Å². The lowest BCUT2D eigenvalue weighted by Gasteiger charge is -2.36. The van der Waals surface area contributed by atoms with Crippen LogP contribution in [0.15, 0.2) is 30.3 Å². The number of piperidine rings is 1. The summed E-state index contributed by atoms with van der Waals surface area (Å²) < 4.78 is 0. The maximum absolute atomic E-state index is 2.71. The Bertz CT molecular complexity index is 357. The fourth-order valence-corrected chi connectivity index (χ4v) is 3.72. The summed E-state index contributed by atoms with van der Waals surface area (Å²) in [6.07, 6.45) is 2.84. The van der Waals surface area contributed by atoms with Gasteiger partial charge in [-0.3, -0.25) is 4.90 Å². The average molecular weight is 215 g/mol. The first-order valence-corrected chi connectivity index (χ1v) is 6.56. The van der Waals surface area contributed by atoms with Gasteiger partial charge < -0.3 is 0 Å². The van der Waals surface area contributed by atoms with Crippen molar-refractivity contribution in [3.05, 3.63) is 35.9 Å². The lowest BCUT2D eigenvalue weighted by atomic mass is 9.90. The quantitative estimate of drug-likeness (QED) is 0.732. The van der Waals surface area contributed by atoms with Gasteiger partial charge in [0.1, 0.15) is 0 Å². The zero-order valence-corrected chi connectivity index (χ0v) is 10.3. The van der Waals surface area contributed by atoms with Gasteiger partial charge in [0.25, 0.3) is 0 Å². The molecule has 0 radical (unpaired) electrons. The SMILES string of the molecule is CC(C)N1C[C@H]2C[C@@H]1[C@H](c1ccccc1)C2. The van der Waals surface area contributed by atoms with Gasteiger partial charge in [0.2, 0.25) is 0 Å². The van der Waals surface area contributed by atoms with Gasteiger partial charge in [-0.15, -0.1) is 0 Å². The summed E-state index contributed by atoms with van der Waals surface area (Å²) in [4.78, 5) is 2.71. The lowest BCUT2D eigenvalue weighted by Crippen LogP contribution is -2.41. The molecule has 0 amide bonds. The summed E-state index contributed by atoms with van der Waals surface area (Å²) in [7, 11) is 0. The van der Waals surface area contributed by atoms with Crippen molar-refractivity contribution in [3.63, 3.8) is 0 Å². The van der Waals surface area contributed by atoms with Gasteiger partial charge in [0, 0.05) is 18.6 Å². The molecule has 0 spiro atoms. The van der Waals surface area contributed by atoms with Crippen LogP contribution in [0.2, 0.25) is 0 Å². The van der Waals surface area contributed by atoms with E-state index in [0.717, 1.165) is 17.9 Å². The van der Waals surface area contributed by atoms with E-state index >= 15 is 0 Å². The van der Waals surface area contributed by atoms with E-state index in [-0.39, 0.29) is 0 Å². The smallest absolute Gasteiger partial charge is 0.0170 e. The van der Waals surface area contributed by atoms with Crippen molar-refractivity contribution >= 4 is 0 Å². The van der Waals surface area contributed by atoms with Crippen LogP contribution in [-0.2, 0) is 0 Å². The van der Waals surface area contributed by atoms with Crippen molar-refractivity contribution in [1.82, 2.24) is 4.90 Å². The molecule has 2 bridgehead atoms. The molecular weight excluding hydrogens is 194 g/mol. The van der Waals surface area contributed by atoms with Crippen LogP contribution in [0.4, 0.5) is 0 Å². The number of nitrogens with zero attached hydrogens (tertiary/aromatic N) is 1. The third-order valence-electron chi connectivity index (χ3n) is 4.41. The summed E-state index contributed by atoms with van der Waals surface area (Å²) in [5.74, 6) is 1.75. The molecule has 1 heteroatoms. The molecule has 86 valence electrons. The van der Waals surface area contributed by atoms with Gasteiger partial charge in [-0.05, 0) is 44.1 Å². The molecule has 1 aliphatic carbocycles.